The molecule has 27 heavy (non-hydrogen) atoms. The van der Waals surface area contributed by atoms with E-state index in [0.29, 0.717) is 12.3 Å². The van der Waals surface area contributed by atoms with Crippen molar-refractivity contribution in [1.29, 1.82) is 0 Å². The van der Waals surface area contributed by atoms with Crippen LogP contribution in [0.25, 0.3) is 0 Å². The molecule has 2 aromatic carbocycles. The lowest BCUT2D eigenvalue weighted by Crippen LogP contribution is -2.42. The smallest absolute Gasteiger partial charge is 0.237 e. The Labute approximate surface area is 165 Å². The van der Waals surface area contributed by atoms with Gasteiger partial charge in [-0.2, -0.15) is 0 Å². The summed E-state index contributed by atoms with van der Waals surface area (Å²) in [7, 11) is -3.06. The summed E-state index contributed by atoms with van der Waals surface area (Å²) < 4.78 is 23.8. The molecule has 3 rings (SSSR count). The van der Waals surface area contributed by atoms with E-state index in [2.05, 4.69) is 26.0 Å². The number of para-hydroxylation sites is 1. The largest absolute Gasteiger partial charge is 0.308 e. The third-order valence-electron chi connectivity index (χ3n) is 4.79. The van der Waals surface area contributed by atoms with E-state index in [4.69, 9.17) is 0 Å². The lowest BCUT2D eigenvalue weighted by atomic mass is 10.0. The average molecular weight is 404 g/mol. The summed E-state index contributed by atoms with van der Waals surface area (Å²) in [6.45, 7) is 4.30. The highest BCUT2D eigenvalue weighted by Crippen LogP contribution is 2.27. The Morgan fingerprint density at radius 1 is 1.11 bits per heavy atom. The number of hydrogen-bond donors (Lipinski definition) is 0. The second-order valence-corrected chi connectivity index (χ2v) is 10.4. The highest BCUT2D eigenvalue weighted by molar-refractivity contribution is 8.00. The van der Waals surface area contributed by atoms with Crippen LogP contribution in [0.4, 0.5) is 5.69 Å². The molecule has 4 nitrogen and oxygen atoms in total. The number of benzene rings is 2. The maximum absolute atomic E-state index is 13.0. The highest BCUT2D eigenvalue weighted by atomic mass is 32.2. The first-order chi connectivity index (χ1) is 12.9. The summed E-state index contributed by atoms with van der Waals surface area (Å²) in [5.74, 6) is 0.899. The normalized spacial score (nSPS) is 18.6. The Kier molecular flexibility index (Phi) is 6.27. The minimum absolute atomic E-state index is 0.0430. The molecule has 0 radical (unpaired) electrons. The van der Waals surface area contributed by atoms with Crippen LogP contribution in [0.2, 0.25) is 0 Å². The van der Waals surface area contributed by atoms with E-state index >= 15 is 0 Å². The fourth-order valence-electron chi connectivity index (χ4n) is 3.29. The molecule has 0 aliphatic carbocycles. The van der Waals surface area contributed by atoms with Gasteiger partial charge in [-0.05, 0) is 42.2 Å². The van der Waals surface area contributed by atoms with Crippen molar-refractivity contribution in [2.45, 2.75) is 37.1 Å². The molecule has 0 bridgehead atoms. The predicted octanol–water partition coefficient (Wildman–Crippen LogP) is 4.12. The van der Waals surface area contributed by atoms with Gasteiger partial charge in [-0.1, -0.05) is 44.2 Å². The molecule has 1 aliphatic rings. The third-order valence-corrected chi connectivity index (χ3v) is 7.53. The topological polar surface area (TPSA) is 54.5 Å². The molecule has 0 saturated carbocycles. The number of rotatable bonds is 6. The van der Waals surface area contributed by atoms with E-state index in [1.165, 1.54) is 17.3 Å². The van der Waals surface area contributed by atoms with Gasteiger partial charge in [0.05, 0.1) is 23.3 Å². The number of hydrogen-bond acceptors (Lipinski definition) is 4. The third kappa shape index (κ3) is 5.14. The SMILES string of the molecule is CC(C)c1ccc(SCC(=O)N(c2ccccc2)C2CCS(=O)(=O)C2)cc1. The van der Waals surface area contributed by atoms with Gasteiger partial charge in [0.15, 0.2) is 9.84 Å². The fourth-order valence-corrected chi connectivity index (χ4v) is 5.75. The molecule has 0 aromatic heterocycles. The first-order valence-electron chi connectivity index (χ1n) is 9.16. The number of carbonyl (C=O) groups is 1. The second kappa shape index (κ2) is 8.48. The lowest BCUT2D eigenvalue weighted by molar-refractivity contribution is -0.116. The quantitative estimate of drug-likeness (QED) is 0.681. The van der Waals surface area contributed by atoms with E-state index < -0.39 is 9.84 Å². The number of thioether (sulfide) groups is 1. The van der Waals surface area contributed by atoms with Crippen molar-refractivity contribution in [1.82, 2.24) is 0 Å². The number of carbonyl (C=O) groups excluding carboxylic acids is 1. The fraction of sp³-hybridized carbons (Fsp3) is 0.381. The van der Waals surface area contributed by atoms with Crippen LogP contribution < -0.4 is 4.90 Å². The average Bonchev–Trinajstić information content (AvgIpc) is 3.00. The zero-order valence-corrected chi connectivity index (χ0v) is 17.3. The maximum atomic E-state index is 13.0. The summed E-state index contributed by atoms with van der Waals surface area (Å²) in [4.78, 5) is 15.7. The Morgan fingerprint density at radius 2 is 1.78 bits per heavy atom. The van der Waals surface area contributed by atoms with E-state index in [1.54, 1.807) is 4.90 Å². The predicted molar refractivity (Wildman–Crippen MR) is 112 cm³/mol. The van der Waals surface area contributed by atoms with Crippen molar-refractivity contribution in [2.24, 2.45) is 0 Å². The summed E-state index contributed by atoms with van der Waals surface area (Å²) in [6.07, 6.45) is 0.497. The Hall–Kier alpha value is -1.79. The molecule has 1 atom stereocenters. The van der Waals surface area contributed by atoms with Crippen LogP contribution in [-0.2, 0) is 14.6 Å². The highest BCUT2D eigenvalue weighted by Gasteiger charge is 2.35. The molecule has 1 unspecified atom stereocenters. The van der Waals surface area contributed by atoms with Crippen LogP contribution in [-0.4, -0.2) is 37.6 Å². The van der Waals surface area contributed by atoms with Crippen molar-refractivity contribution in [3.63, 3.8) is 0 Å². The maximum Gasteiger partial charge on any atom is 0.237 e. The van der Waals surface area contributed by atoms with Crippen LogP contribution in [0, 0.1) is 0 Å². The van der Waals surface area contributed by atoms with Crippen molar-refractivity contribution in [3.05, 3.63) is 60.2 Å². The molecule has 0 N–H and O–H groups in total. The Balaban J connectivity index is 1.73. The van der Waals surface area contributed by atoms with E-state index in [9.17, 15) is 13.2 Å². The van der Waals surface area contributed by atoms with Crippen LogP contribution in [0.15, 0.2) is 59.5 Å². The molecule has 1 aliphatic heterocycles. The summed E-state index contributed by atoms with van der Waals surface area (Å²) in [5, 5.41) is 0. The number of amides is 1. The van der Waals surface area contributed by atoms with Gasteiger partial charge in [0.2, 0.25) is 5.91 Å². The minimum Gasteiger partial charge on any atom is -0.308 e. The molecule has 1 saturated heterocycles. The summed E-state index contributed by atoms with van der Waals surface area (Å²) >= 11 is 1.49. The number of nitrogens with zero attached hydrogens (tertiary/aromatic N) is 1. The van der Waals surface area contributed by atoms with Gasteiger partial charge in [0.1, 0.15) is 0 Å². The lowest BCUT2D eigenvalue weighted by Gasteiger charge is -2.28. The molecule has 0 spiro atoms. The standard InChI is InChI=1S/C21H25NO3S2/c1-16(2)17-8-10-20(11-9-17)26-14-21(23)22(18-6-4-3-5-7-18)19-12-13-27(24,25)15-19/h3-11,16,19H,12-15H2,1-2H3. The summed E-state index contributed by atoms with van der Waals surface area (Å²) in [5.41, 5.74) is 2.04. The number of sulfone groups is 1. The van der Waals surface area contributed by atoms with Gasteiger partial charge in [0, 0.05) is 10.6 Å². The van der Waals surface area contributed by atoms with Crippen LogP contribution in [0.3, 0.4) is 0 Å². The minimum atomic E-state index is -3.06. The molecule has 1 amide bonds. The van der Waals surface area contributed by atoms with Crippen molar-refractivity contribution >= 4 is 33.2 Å². The number of anilines is 1. The van der Waals surface area contributed by atoms with Gasteiger partial charge in [0.25, 0.3) is 0 Å². The molecule has 1 fully saturated rings. The van der Waals surface area contributed by atoms with Gasteiger partial charge >= 0.3 is 0 Å². The van der Waals surface area contributed by atoms with Gasteiger partial charge in [-0.3, -0.25) is 4.79 Å². The van der Waals surface area contributed by atoms with Crippen molar-refractivity contribution in [3.8, 4) is 0 Å². The van der Waals surface area contributed by atoms with E-state index in [0.717, 1.165) is 10.6 Å². The second-order valence-electron chi connectivity index (χ2n) is 7.17. The first kappa shape index (κ1) is 20.0. The van der Waals surface area contributed by atoms with E-state index in [1.807, 2.05) is 42.5 Å². The molecular weight excluding hydrogens is 378 g/mol. The molecule has 1 heterocycles. The van der Waals surface area contributed by atoms with Crippen LogP contribution in [0.1, 0.15) is 31.7 Å². The van der Waals surface area contributed by atoms with Gasteiger partial charge < -0.3 is 4.90 Å². The van der Waals surface area contributed by atoms with Gasteiger partial charge in [-0.25, -0.2) is 8.42 Å². The van der Waals surface area contributed by atoms with Crippen molar-refractivity contribution in [2.75, 3.05) is 22.2 Å². The van der Waals surface area contributed by atoms with E-state index in [-0.39, 0.29) is 29.2 Å². The Morgan fingerprint density at radius 3 is 2.33 bits per heavy atom. The molecular formula is C21H25NO3S2. The van der Waals surface area contributed by atoms with Crippen LogP contribution in [0.5, 0.6) is 0 Å². The first-order valence-corrected chi connectivity index (χ1v) is 12.0. The molecule has 144 valence electrons. The van der Waals surface area contributed by atoms with Gasteiger partial charge in [-0.15, -0.1) is 11.8 Å². The van der Waals surface area contributed by atoms with Crippen LogP contribution >= 0.6 is 11.8 Å². The summed E-state index contributed by atoms with van der Waals surface area (Å²) in [6, 6.07) is 17.4. The van der Waals surface area contributed by atoms with Crippen molar-refractivity contribution < 1.29 is 13.2 Å². The molecule has 2 aromatic rings. The monoisotopic (exact) mass is 403 g/mol. The zero-order valence-electron chi connectivity index (χ0n) is 15.7. The molecule has 6 heteroatoms. The Bertz CT molecular complexity index is 877. The zero-order chi connectivity index (χ0) is 19.4.